The molecule has 0 aromatic heterocycles. The third-order valence-corrected chi connectivity index (χ3v) is 6.92. The molecule has 3 rings (SSSR count). The average molecular weight is 403 g/mol. The average Bonchev–Trinajstić information content (AvgIpc) is 3.08. The Morgan fingerprint density at radius 3 is 2.53 bits per heavy atom. The summed E-state index contributed by atoms with van der Waals surface area (Å²) in [4.78, 5) is 0. The number of benzene rings is 2. The third kappa shape index (κ3) is 4.95. The maximum atomic E-state index is 5.22. The van der Waals surface area contributed by atoms with E-state index in [1.54, 1.807) is 7.11 Å². The van der Waals surface area contributed by atoms with Gasteiger partial charge in [0.15, 0.2) is 0 Å². The van der Waals surface area contributed by atoms with E-state index < -0.39 is 0 Å². The van der Waals surface area contributed by atoms with E-state index in [9.17, 15) is 0 Å². The van der Waals surface area contributed by atoms with Crippen LogP contribution in [0.25, 0.3) is 22.4 Å². The topological polar surface area (TPSA) is 9.23 Å². The van der Waals surface area contributed by atoms with E-state index in [1.807, 2.05) is 0 Å². The Morgan fingerprint density at radius 1 is 1.07 bits per heavy atom. The van der Waals surface area contributed by atoms with Crippen LogP contribution in [0, 0.1) is 11.8 Å². The van der Waals surface area contributed by atoms with Gasteiger partial charge >= 0.3 is 0 Å². The second-order valence-corrected chi connectivity index (χ2v) is 9.04. The fraction of sp³-hybridized carbons (Fsp3) is 0.448. The molecule has 3 unspecified atom stereocenters. The summed E-state index contributed by atoms with van der Waals surface area (Å²) >= 11 is 0. The van der Waals surface area contributed by atoms with Crippen molar-refractivity contribution in [2.24, 2.45) is 11.8 Å². The number of hydrogen-bond acceptors (Lipinski definition) is 1. The van der Waals surface area contributed by atoms with Gasteiger partial charge in [0.25, 0.3) is 0 Å². The molecule has 1 aliphatic rings. The van der Waals surface area contributed by atoms with Gasteiger partial charge in [-0.25, -0.2) is 0 Å². The molecule has 0 amide bonds. The second kappa shape index (κ2) is 10.3. The van der Waals surface area contributed by atoms with Gasteiger partial charge in [0.05, 0.1) is 0 Å². The third-order valence-electron chi connectivity index (χ3n) is 6.92. The molecule has 2 aromatic rings. The van der Waals surface area contributed by atoms with Crippen molar-refractivity contribution in [1.82, 2.24) is 0 Å². The molecule has 160 valence electrons. The van der Waals surface area contributed by atoms with Gasteiger partial charge in [0.1, 0.15) is 0 Å². The van der Waals surface area contributed by atoms with Crippen molar-refractivity contribution in [3.05, 3.63) is 70.8 Å². The van der Waals surface area contributed by atoms with Crippen molar-refractivity contribution in [2.45, 2.75) is 59.8 Å². The molecule has 1 heteroatoms. The number of methoxy groups -OCH3 is 1. The van der Waals surface area contributed by atoms with E-state index in [1.165, 1.54) is 51.5 Å². The van der Waals surface area contributed by atoms with E-state index in [0.29, 0.717) is 17.8 Å². The van der Waals surface area contributed by atoms with E-state index >= 15 is 0 Å². The van der Waals surface area contributed by atoms with Crippen LogP contribution in [0.3, 0.4) is 0 Å². The molecule has 1 aliphatic carbocycles. The zero-order valence-corrected chi connectivity index (χ0v) is 19.7. The highest BCUT2D eigenvalue weighted by atomic mass is 16.5. The van der Waals surface area contributed by atoms with Crippen molar-refractivity contribution in [3.8, 4) is 0 Å². The lowest BCUT2D eigenvalue weighted by Gasteiger charge is -2.23. The van der Waals surface area contributed by atoms with Gasteiger partial charge in [-0.1, -0.05) is 88.6 Å². The van der Waals surface area contributed by atoms with E-state index in [0.717, 1.165) is 13.0 Å². The largest absolute Gasteiger partial charge is 0.384 e. The number of fused-ring (bicyclic) bond motifs is 1. The summed E-state index contributed by atoms with van der Waals surface area (Å²) in [6.45, 7) is 12.4. The highest BCUT2D eigenvalue weighted by Crippen LogP contribution is 2.37. The summed E-state index contributed by atoms with van der Waals surface area (Å²) in [6, 6.07) is 11.8. The van der Waals surface area contributed by atoms with Gasteiger partial charge in [0.2, 0.25) is 0 Å². The highest BCUT2D eigenvalue weighted by Gasteiger charge is 2.19. The van der Waals surface area contributed by atoms with Gasteiger partial charge in [-0.3, -0.25) is 0 Å². The van der Waals surface area contributed by atoms with Gasteiger partial charge in [-0.2, -0.15) is 0 Å². The predicted octanol–water partition coefficient (Wildman–Crippen LogP) is 8.41. The number of allylic oxidation sites excluding steroid dienone is 4. The minimum Gasteiger partial charge on any atom is -0.384 e. The summed E-state index contributed by atoms with van der Waals surface area (Å²) in [6.07, 6.45) is 12.6. The Bertz CT molecular complexity index is 960. The van der Waals surface area contributed by atoms with Crippen molar-refractivity contribution >= 4 is 22.4 Å². The predicted molar refractivity (Wildman–Crippen MR) is 133 cm³/mol. The first-order valence-corrected chi connectivity index (χ1v) is 11.6. The van der Waals surface area contributed by atoms with Crippen LogP contribution in [0.2, 0.25) is 0 Å². The summed E-state index contributed by atoms with van der Waals surface area (Å²) in [7, 11) is 1.76. The van der Waals surface area contributed by atoms with Crippen LogP contribution in [0.5, 0.6) is 0 Å². The minimum atomic E-state index is 0.508. The van der Waals surface area contributed by atoms with Crippen molar-refractivity contribution in [2.75, 3.05) is 13.7 Å². The molecule has 0 spiro atoms. The lowest BCUT2D eigenvalue weighted by atomic mass is 9.82. The standard InChI is InChI=1S/C29H38O/c1-7-10-20(2)23(5)29-19-27-18-26(28-15-12-21(3)22(28)4)14-13-24(27)17-25(29)11-8-9-16-30-6/h8,11-15,17-20,22-23H,7,9-10,16H2,1-6H3/b11-8-. The van der Waals surface area contributed by atoms with Gasteiger partial charge in [-0.15, -0.1) is 0 Å². The Balaban J connectivity index is 2.02. The zero-order valence-electron chi connectivity index (χ0n) is 19.7. The lowest BCUT2D eigenvalue weighted by Crippen LogP contribution is -2.08. The maximum Gasteiger partial charge on any atom is 0.0496 e. The van der Waals surface area contributed by atoms with Crippen LogP contribution < -0.4 is 0 Å². The smallest absolute Gasteiger partial charge is 0.0496 e. The Labute approximate surface area is 183 Å². The molecule has 0 radical (unpaired) electrons. The van der Waals surface area contributed by atoms with Crippen LogP contribution in [-0.2, 0) is 4.74 Å². The number of rotatable bonds is 9. The normalized spacial score (nSPS) is 18.7. The van der Waals surface area contributed by atoms with Gasteiger partial charge < -0.3 is 4.74 Å². The fourth-order valence-electron chi connectivity index (χ4n) is 4.56. The van der Waals surface area contributed by atoms with Gasteiger partial charge in [-0.05, 0) is 70.3 Å². The molecule has 0 aliphatic heterocycles. The first-order valence-electron chi connectivity index (χ1n) is 11.6. The molecular formula is C29H38O. The minimum absolute atomic E-state index is 0.508. The van der Waals surface area contributed by atoms with E-state index in [-0.39, 0.29) is 0 Å². The SMILES string of the molecule is CCCC(C)C(C)c1cc2cc(C3=CC=C(C)C3C)ccc2cc1/C=C\CCOC. The molecule has 3 atom stereocenters. The summed E-state index contributed by atoms with van der Waals surface area (Å²) in [5.74, 6) is 1.72. The second-order valence-electron chi connectivity index (χ2n) is 9.04. The Morgan fingerprint density at radius 2 is 1.87 bits per heavy atom. The van der Waals surface area contributed by atoms with Crippen molar-refractivity contribution < 1.29 is 4.74 Å². The van der Waals surface area contributed by atoms with Crippen molar-refractivity contribution in [3.63, 3.8) is 0 Å². The summed E-state index contributed by atoms with van der Waals surface area (Å²) < 4.78 is 5.22. The molecule has 0 saturated heterocycles. The molecule has 0 saturated carbocycles. The molecule has 0 bridgehead atoms. The monoisotopic (exact) mass is 402 g/mol. The first-order chi connectivity index (χ1) is 14.5. The Hall–Kier alpha value is -2.12. The van der Waals surface area contributed by atoms with Crippen LogP contribution in [0.4, 0.5) is 0 Å². The molecule has 1 nitrogen and oxygen atoms in total. The maximum absolute atomic E-state index is 5.22. The quantitative estimate of drug-likeness (QED) is 0.382. The number of hydrogen-bond donors (Lipinski definition) is 0. The summed E-state index contributed by atoms with van der Waals surface area (Å²) in [5, 5.41) is 2.67. The molecule has 2 aromatic carbocycles. The molecule has 0 N–H and O–H groups in total. The zero-order chi connectivity index (χ0) is 21.7. The molecule has 30 heavy (non-hydrogen) atoms. The van der Waals surface area contributed by atoms with Crippen LogP contribution >= 0.6 is 0 Å². The summed E-state index contributed by atoms with van der Waals surface area (Å²) in [5.41, 5.74) is 7.06. The highest BCUT2D eigenvalue weighted by molar-refractivity contribution is 5.90. The first kappa shape index (κ1) is 22.6. The molecule has 0 fully saturated rings. The van der Waals surface area contributed by atoms with E-state index in [2.05, 4.69) is 89.3 Å². The Kier molecular flexibility index (Phi) is 7.72. The van der Waals surface area contributed by atoms with Crippen molar-refractivity contribution in [1.29, 1.82) is 0 Å². The van der Waals surface area contributed by atoms with Crippen LogP contribution in [0.15, 0.2) is 54.1 Å². The fourth-order valence-corrected chi connectivity index (χ4v) is 4.56. The number of ether oxygens (including phenoxy) is 1. The van der Waals surface area contributed by atoms with Crippen LogP contribution in [0.1, 0.15) is 76.5 Å². The van der Waals surface area contributed by atoms with E-state index in [4.69, 9.17) is 4.74 Å². The molecular weight excluding hydrogens is 364 g/mol. The van der Waals surface area contributed by atoms with Gasteiger partial charge in [0, 0.05) is 19.6 Å². The molecule has 0 heterocycles. The lowest BCUT2D eigenvalue weighted by molar-refractivity contribution is 0.204. The van der Waals surface area contributed by atoms with Crippen LogP contribution in [-0.4, -0.2) is 13.7 Å².